The molecular formula is C11H23NO3. The molecule has 0 spiro atoms. The molecule has 0 aliphatic carbocycles. The van der Waals surface area contributed by atoms with Gasteiger partial charge in [0.2, 0.25) is 0 Å². The van der Waals surface area contributed by atoms with E-state index >= 15 is 0 Å². The Kier molecular flexibility index (Phi) is 4.74. The monoisotopic (exact) mass is 217 g/mol. The third-order valence-electron chi connectivity index (χ3n) is 1.41. The van der Waals surface area contributed by atoms with E-state index in [-0.39, 0.29) is 12.2 Å². The molecule has 0 fully saturated rings. The number of carbonyl (C=O) groups excluding carboxylic acids is 1. The summed E-state index contributed by atoms with van der Waals surface area (Å²) < 4.78 is 10.5. The van der Waals surface area contributed by atoms with Gasteiger partial charge >= 0.3 is 5.97 Å². The molecule has 90 valence electrons. The van der Waals surface area contributed by atoms with Crippen molar-refractivity contribution in [2.45, 2.75) is 58.8 Å². The number of esters is 1. The van der Waals surface area contributed by atoms with Gasteiger partial charge in [-0.3, -0.25) is 4.79 Å². The van der Waals surface area contributed by atoms with E-state index in [1.54, 1.807) is 0 Å². The van der Waals surface area contributed by atoms with Crippen LogP contribution in [0.1, 0.15) is 41.5 Å². The van der Waals surface area contributed by atoms with Crippen molar-refractivity contribution in [1.82, 2.24) is 0 Å². The first-order valence-corrected chi connectivity index (χ1v) is 5.14. The second kappa shape index (κ2) is 4.94. The summed E-state index contributed by atoms with van der Waals surface area (Å²) in [5, 5.41) is 0. The molecule has 15 heavy (non-hydrogen) atoms. The van der Waals surface area contributed by atoms with Crippen molar-refractivity contribution < 1.29 is 14.3 Å². The first-order chi connectivity index (χ1) is 6.51. The van der Waals surface area contributed by atoms with Crippen molar-refractivity contribution in [1.29, 1.82) is 0 Å². The fraction of sp³-hybridized carbons (Fsp3) is 0.909. The molecule has 2 N–H and O–H groups in total. The summed E-state index contributed by atoms with van der Waals surface area (Å²) >= 11 is 0. The third kappa shape index (κ3) is 8.39. The van der Waals surface area contributed by atoms with Gasteiger partial charge in [-0.2, -0.15) is 0 Å². The zero-order valence-corrected chi connectivity index (χ0v) is 10.6. The Morgan fingerprint density at radius 1 is 1.13 bits per heavy atom. The summed E-state index contributed by atoms with van der Waals surface area (Å²) in [4.78, 5) is 11.4. The highest BCUT2D eigenvalue weighted by atomic mass is 16.6. The fourth-order valence-corrected chi connectivity index (χ4v) is 0.785. The van der Waals surface area contributed by atoms with Gasteiger partial charge in [0.05, 0.1) is 12.2 Å². The van der Waals surface area contributed by atoms with Crippen molar-refractivity contribution in [3.63, 3.8) is 0 Å². The highest BCUT2D eigenvalue weighted by Crippen LogP contribution is 2.10. The van der Waals surface area contributed by atoms with Crippen LogP contribution in [-0.2, 0) is 14.3 Å². The smallest absolute Gasteiger partial charge is 0.325 e. The Morgan fingerprint density at radius 2 is 1.60 bits per heavy atom. The normalized spacial score (nSPS) is 14.9. The van der Waals surface area contributed by atoms with Gasteiger partial charge in [-0.25, -0.2) is 0 Å². The molecule has 0 radical (unpaired) electrons. The second-order valence-corrected chi connectivity index (χ2v) is 5.56. The van der Waals surface area contributed by atoms with Crippen LogP contribution in [0.3, 0.4) is 0 Å². The minimum atomic E-state index is -0.719. The minimum Gasteiger partial charge on any atom is -0.459 e. The molecule has 0 unspecified atom stereocenters. The minimum absolute atomic E-state index is 0.179. The van der Waals surface area contributed by atoms with Crippen molar-refractivity contribution >= 4 is 5.97 Å². The summed E-state index contributed by atoms with van der Waals surface area (Å²) in [6.45, 7) is 11.3. The Labute approximate surface area is 92.1 Å². The van der Waals surface area contributed by atoms with Gasteiger partial charge in [0.15, 0.2) is 0 Å². The van der Waals surface area contributed by atoms with Gasteiger partial charge < -0.3 is 15.2 Å². The van der Waals surface area contributed by atoms with Crippen LogP contribution in [0, 0.1) is 0 Å². The fourth-order valence-electron chi connectivity index (χ4n) is 0.785. The molecule has 0 amide bonds. The average Bonchev–Trinajstić information content (AvgIpc) is 1.95. The summed E-state index contributed by atoms with van der Waals surface area (Å²) in [6, 6.07) is -0.719. The molecule has 0 bridgehead atoms. The van der Waals surface area contributed by atoms with Crippen LogP contribution in [0.2, 0.25) is 0 Å². The molecule has 0 rings (SSSR count). The quantitative estimate of drug-likeness (QED) is 0.727. The molecule has 0 aliphatic heterocycles. The summed E-state index contributed by atoms with van der Waals surface area (Å²) in [6.07, 6.45) is 0. The van der Waals surface area contributed by atoms with E-state index in [9.17, 15) is 4.79 Å². The predicted octanol–water partition coefficient (Wildman–Crippen LogP) is 1.47. The lowest BCUT2D eigenvalue weighted by atomic mass is 10.2. The van der Waals surface area contributed by atoms with Gasteiger partial charge in [0.25, 0.3) is 0 Å². The van der Waals surface area contributed by atoms with Gasteiger partial charge in [-0.1, -0.05) is 0 Å². The van der Waals surface area contributed by atoms with Gasteiger partial charge in [-0.15, -0.1) is 0 Å². The van der Waals surface area contributed by atoms with Crippen LogP contribution >= 0.6 is 0 Å². The molecule has 0 aliphatic rings. The van der Waals surface area contributed by atoms with E-state index in [0.29, 0.717) is 0 Å². The second-order valence-electron chi connectivity index (χ2n) is 5.56. The van der Waals surface area contributed by atoms with Crippen molar-refractivity contribution in [2.75, 3.05) is 6.61 Å². The Balaban J connectivity index is 4.01. The van der Waals surface area contributed by atoms with Crippen molar-refractivity contribution in [2.24, 2.45) is 5.73 Å². The van der Waals surface area contributed by atoms with E-state index in [1.165, 1.54) is 0 Å². The Morgan fingerprint density at radius 3 is 1.93 bits per heavy atom. The number of hydrogen-bond acceptors (Lipinski definition) is 4. The molecule has 0 saturated heterocycles. The Bertz CT molecular complexity index is 213. The topological polar surface area (TPSA) is 61.5 Å². The zero-order chi connectivity index (χ0) is 12.3. The van der Waals surface area contributed by atoms with Crippen LogP contribution in [0.15, 0.2) is 0 Å². The standard InChI is InChI=1S/C11H23NO3/c1-10(2,3)14-7-8(12)9(13)15-11(4,5)6/h8H,7,12H2,1-6H3/t8-/m1/s1. The lowest BCUT2D eigenvalue weighted by Gasteiger charge is -2.25. The average molecular weight is 217 g/mol. The first kappa shape index (κ1) is 14.4. The molecule has 4 heteroatoms. The number of hydrogen-bond donors (Lipinski definition) is 1. The molecule has 4 nitrogen and oxygen atoms in total. The van der Waals surface area contributed by atoms with Crippen LogP contribution in [-0.4, -0.2) is 29.8 Å². The molecule has 0 heterocycles. The van der Waals surface area contributed by atoms with Crippen LogP contribution in [0.4, 0.5) is 0 Å². The molecule has 0 aromatic heterocycles. The SMILES string of the molecule is CC(C)(C)OC[C@@H](N)C(=O)OC(C)(C)C. The largest absolute Gasteiger partial charge is 0.459 e. The van der Waals surface area contributed by atoms with E-state index in [0.717, 1.165) is 0 Å². The maximum atomic E-state index is 11.4. The zero-order valence-electron chi connectivity index (χ0n) is 10.6. The molecule has 0 aromatic carbocycles. The predicted molar refractivity (Wildman–Crippen MR) is 59.5 cm³/mol. The molecular weight excluding hydrogens is 194 g/mol. The number of nitrogens with two attached hydrogens (primary N) is 1. The van der Waals surface area contributed by atoms with Crippen LogP contribution in [0.25, 0.3) is 0 Å². The van der Waals surface area contributed by atoms with Crippen LogP contribution in [0.5, 0.6) is 0 Å². The van der Waals surface area contributed by atoms with Crippen molar-refractivity contribution in [3.05, 3.63) is 0 Å². The van der Waals surface area contributed by atoms with Crippen molar-refractivity contribution in [3.8, 4) is 0 Å². The van der Waals surface area contributed by atoms with Gasteiger partial charge in [-0.05, 0) is 41.5 Å². The summed E-state index contributed by atoms with van der Waals surface area (Å²) in [5.74, 6) is -0.424. The lowest BCUT2D eigenvalue weighted by Crippen LogP contribution is -2.42. The molecule has 0 saturated carbocycles. The van der Waals surface area contributed by atoms with Crippen LogP contribution < -0.4 is 5.73 Å². The molecule has 1 atom stereocenters. The first-order valence-electron chi connectivity index (χ1n) is 5.14. The maximum Gasteiger partial charge on any atom is 0.325 e. The van der Waals surface area contributed by atoms with E-state index in [1.807, 2.05) is 41.5 Å². The highest BCUT2D eigenvalue weighted by molar-refractivity contribution is 5.76. The maximum absolute atomic E-state index is 11.4. The summed E-state index contributed by atoms with van der Waals surface area (Å²) in [7, 11) is 0. The van der Waals surface area contributed by atoms with E-state index < -0.39 is 17.6 Å². The van der Waals surface area contributed by atoms with Gasteiger partial charge in [0.1, 0.15) is 11.6 Å². The highest BCUT2D eigenvalue weighted by Gasteiger charge is 2.23. The van der Waals surface area contributed by atoms with Gasteiger partial charge in [0, 0.05) is 0 Å². The van der Waals surface area contributed by atoms with E-state index in [2.05, 4.69) is 0 Å². The Hall–Kier alpha value is -0.610. The lowest BCUT2D eigenvalue weighted by molar-refractivity contribution is -0.159. The van der Waals surface area contributed by atoms with E-state index in [4.69, 9.17) is 15.2 Å². The number of carbonyl (C=O) groups is 1. The third-order valence-corrected chi connectivity index (χ3v) is 1.41. The molecule has 0 aromatic rings. The number of rotatable bonds is 3. The summed E-state index contributed by atoms with van der Waals surface area (Å²) in [5.41, 5.74) is 4.84. The number of ether oxygens (including phenoxy) is 2.